The highest BCUT2D eigenvalue weighted by Crippen LogP contribution is 2.36. The van der Waals surface area contributed by atoms with Gasteiger partial charge < -0.3 is 20.1 Å². The number of para-hydroxylation sites is 1. The van der Waals surface area contributed by atoms with Gasteiger partial charge in [-0.3, -0.25) is 4.79 Å². The fraction of sp³-hybridized carbons (Fsp3) is 0.533. The predicted molar refractivity (Wildman–Crippen MR) is 77.2 cm³/mol. The van der Waals surface area contributed by atoms with E-state index in [2.05, 4.69) is 0 Å². The van der Waals surface area contributed by atoms with E-state index < -0.39 is 0 Å². The van der Waals surface area contributed by atoms with Crippen molar-refractivity contribution in [1.82, 2.24) is 4.90 Å². The molecule has 0 heterocycles. The number of hydrogen-bond acceptors (Lipinski definition) is 4. The summed E-state index contributed by atoms with van der Waals surface area (Å²) in [5.74, 6) is 1.48. The van der Waals surface area contributed by atoms with Gasteiger partial charge in [0.15, 0.2) is 11.5 Å². The van der Waals surface area contributed by atoms with Crippen LogP contribution in [0.1, 0.15) is 23.2 Å². The summed E-state index contributed by atoms with van der Waals surface area (Å²) in [6.07, 6.45) is 2.30. The fourth-order valence-corrected chi connectivity index (χ4v) is 2.54. The van der Waals surface area contributed by atoms with E-state index >= 15 is 0 Å². The molecule has 0 aliphatic heterocycles. The third kappa shape index (κ3) is 2.72. The van der Waals surface area contributed by atoms with Crippen LogP contribution >= 0.6 is 0 Å². The lowest BCUT2D eigenvalue weighted by Gasteiger charge is -2.28. The zero-order valence-corrected chi connectivity index (χ0v) is 12.3. The monoisotopic (exact) mass is 278 g/mol. The number of amides is 1. The maximum absolute atomic E-state index is 12.7. The number of methoxy groups -OCH3 is 2. The number of nitrogens with zero attached hydrogens (tertiary/aromatic N) is 1. The van der Waals surface area contributed by atoms with Crippen LogP contribution < -0.4 is 15.2 Å². The van der Waals surface area contributed by atoms with Crippen LogP contribution in [0, 0.1) is 5.92 Å². The van der Waals surface area contributed by atoms with Gasteiger partial charge in [-0.15, -0.1) is 0 Å². The smallest absolute Gasteiger partial charge is 0.257 e. The molecule has 1 saturated carbocycles. The number of likely N-dealkylation sites (N-methyl/N-ethyl adjacent to an activating group) is 1. The molecule has 0 aromatic heterocycles. The number of hydrogen-bond donors (Lipinski definition) is 1. The second-order valence-electron chi connectivity index (χ2n) is 5.10. The number of ether oxygens (including phenoxy) is 2. The van der Waals surface area contributed by atoms with Gasteiger partial charge in [0.05, 0.1) is 19.8 Å². The zero-order valence-electron chi connectivity index (χ0n) is 12.3. The van der Waals surface area contributed by atoms with Crippen LogP contribution in [0.15, 0.2) is 18.2 Å². The van der Waals surface area contributed by atoms with E-state index in [1.165, 1.54) is 7.11 Å². The van der Waals surface area contributed by atoms with Gasteiger partial charge in [0.1, 0.15) is 0 Å². The minimum atomic E-state index is -0.0805. The van der Waals surface area contributed by atoms with Crippen molar-refractivity contribution in [2.45, 2.75) is 18.9 Å². The van der Waals surface area contributed by atoms with Crippen molar-refractivity contribution in [2.24, 2.45) is 11.7 Å². The SMILES string of the molecule is COc1cccc(C(=O)N(C)C(CN)C2CC2)c1OC. The van der Waals surface area contributed by atoms with Crippen LogP contribution in [-0.2, 0) is 0 Å². The Kier molecular flexibility index (Phi) is 4.49. The molecule has 2 rings (SSSR count). The molecule has 1 aliphatic carbocycles. The Hall–Kier alpha value is -1.75. The summed E-state index contributed by atoms with van der Waals surface area (Å²) < 4.78 is 10.6. The molecule has 0 spiro atoms. The Labute approximate surface area is 119 Å². The first-order valence-electron chi connectivity index (χ1n) is 6.82. The molecule has 0 bridgehead atoms. The third-order valence-corrected chi connectivity index (χ3v) is 3.86. The van der Waals surface area contributed by atoms with Crippen molar-refractivity contribution in [2.75, 3.05) is 27.8 Å². The van der Waals surface area contributed by atoms with Crippen molar-refractivity contribution in [3.63, 3.8) is 0 Å². The standard InChI is InChI=1S/C15H22N2O3/c1-17(12(9-16)10-7-8-10)15(18)11-5-4-6-13(19-2)14(11)20-3/h4-6,10,12H,7-9,16H2,1-3H3. The van der Waals surface area contributed by atoms with Crippen molar-refractivity contribution >= 4 is 5.91 Å². The van der Waals surface area contributed by atoms with Crippen LogP contribution in [0.5, 0.6) is 11.5 Å². The van der Waals surface area contributed by atoms with Gasteiger partial charge in [-0.25, -0.2) is 0 Å². The molecule has 1 fully saturated rings. The van der Waals surface area contributed by atoms with Crippen molar-refractivity contribution in [3.8, 4) is 11.5 Å². The molecule has 1 unspecified atom stereocenters. The molecule has 1 aliphatic rings. The molecular formula is C15H22N2O3. The Morgan fingerprint density at radius 1 is 1.40 bits per heavy atom. The van der Waals surface area contributed by atoms with E-state index in [-0.39, 0.29) is 11.9 Å². The lowest BCUT2D eigenvalue weighted by Crippen LogP contribution is -2.43. The van der Waals surface area contributed by atoms with Gasteiger partial charge in [-0.1, -0.05) is 6.07 Å². The van der Waals surface area contributed by atoms with Crippen LogP contribution in [0.3, 0.4) is 0 Å². The second kappa shape index (κ2) is 6.13. The van der Waals surface area contributed by atoms with Gasteiger partial charge in [0.2, 0.25) is 0 Å². The van der Waals surface area contributed by atoms with Gasteiger partial charge in [0, 0.05) is 19.6 Å². The summed E-state index contributed by atoms with van der Waals surface area (Å²) in [5.41, 5.74) is 6.32. The van der Waals surface area contributed by atoms with E-state index in [1.807, 2.05) is 0 Å². The highest BCUT2D eigenvalue weighted by molar-refractivity contribution is 5.98. The lowest BCUT2D eigenvalue weighted by atomic mass is 10.1. The molecule has 1 amide bonds. The topological polar surface area (TPSA) is 64.8 Å². The lowest BCUT2D eigenvalue weighted by molar-refractivity contribution is 0.0714. The first-order chi connectivity index (χ1) is 9.63. The summed E-state index contributed by atoms with van der Waals surface area (Å²) in [7, 11) is 4.90. The van der Waals surface area contributed by atoms with Crippen molar-refractivity contribution in [1.29, 1.82) is 0 Å². The van der Waals surface area contributed by atoms with Crippen LogP contribution in [0.4, 0.5) is 0 Å². The highest BCUT2D eigenvalue weighted by atomic mass is 16.5. The Morgan fingerprint density at radius 3 is 2.60 bits per heavy atom. The molecule has 0 radical (unpaired) electrons. The summed E-state index contributed by atoms with van der Waals surface area (Å²) >= 11 is 0. The first-order valence-corrected chi connectivity index (χ1v) is 6.82. The van der Waals surface area contributed by atoms with Crippen molar-refractivity contribution < 1.29 is 14.3 Å². The average Bonchev–Trinajstić information content (AvgIpc) is 3.30. The van der Waals surface area contributed by atoms with E-state index in [0.717, 1.165) is 12.8 Å². The summed E-state index contributed by atoms with van der Waals surface area (Å²) in [5, 5.41) is 0. The molecule has 5 heteroatoms. The minimum absolute atomic E-state index is 0.0805. The minimum Gasteiger partial charge on any atom is -0.493 e. The summed E-state index contributed by atoms with van der Waals surface area (Å²) in [6, 6.07) is 5.41. The molecule has 110 valence electrons. The Bertz CT molecular complexity index is 486. The Balaban J connectivity index is 2.28. The highest BCUT2D eigenvalue weighted by Gasteiger charge is 2.35. The number of nitrogens with two attached hydrogens (primary N) is 1. The van der Waals surface area contributed by atoms with Crippen LogP contribution in [0.25, 0.3) is 0 Å². The maximum atomic E-state index is 12.7. The number of carbonyl (C=O) groups is 1. The summed E-state index contributed by atoms with van der Waals surface area (Å²) in [6.45, 7) is 0.485. The average molecular weight is 278 g/mol. The zero-order chi connectivity index (χ0) is 14.7. The molecule has 20 heavy (non-hydrogen) atoms. The number of benzene rings is 1. The summed E-state index contributed by atoms with van der Waals surface area (Å²) in [4.78, 5) is 14.4. The van der Waals surface area contributed by atoms with E-state index in [1.54, 1.807) is 37.3 Å². The largest absolute Gasteiger partial charge is 0.493 e. The third-order valence-electron chi connectivity index (χ3n) is 3.86. The van der Waals surface area contributed by atoms with Gasteiger partial charge >= 0.3 is 0 Å². The van der Waals surface area contributed by atoms with Gasteiger partial charge in [0.25, 0.3) is 5.91 Å². The normalized spacial score (nSPS) is 15.6. The maximum Gasteiger partial charge on any atom is 0.257 e. The first kappa shape index (κ1) is 14.7. The number of carbonyl (C=O) groups excluding carboxylic acids is 1. The fourth-order valence-electron chi connectivity index (χ4n) is 2.54. The molecule has 1 atom stereocenters. The van der Waals surface area contributed by atoms with E-state index in [4.69, 9.17) is 15.2 Å². The molecule has 1 aromatic carbocycles. The van der Waals surface area contributed by atoms with Crippen molar-refractivity contribution in [3.05, 3.63) is 23.8 Å². The number of rotatable bonds is 6. The quantitative estimate of drug-likeness (QED) is 0.856. The van der Waals surface area contributed by atoms with Crippen LogP contribution in [0.2, 0.25) is 0 Å². The van der Waals surface area contributed by atoms with E-state index in [9.17, 15) is 4.79 Å². The molecule has 2 N–H and O–H groups in total. The van der Waals surface area contributed by atoms with E-state index in [0.29, 0.717) is 29.5 Å². The molecule has 1 aromatic rings. The molecular weight excluding hydrogens is 256 g/mol. The van der Waals surface area contributed by atoms with Gasteiger partial charge in [-0.05, 0) is 30.9 Å². The Morgan fingerprint density at radius 2 is 2.10 bits per heavy atom. The molecule has 5 nitrogen and oxygen atoms in total. The van der Waals surface area contributed by atoms with Gasteiger partial charge in [-0.2, -0.15) is 0 Å². The predicted octanol–water partition coefficient (Wildman–Crippen LogP) is 1.51. The van der Waals surface area contributed by atoms with Crippen LogP contribution in [-0.4, -0.2) is 44.7 Å². The second-order valence-corrected chi connectivity index (χ2v) is 5.10. The molecule has 0 saturated heterocycles.